The highest BCUT2D eigenvalue weighted by molar-refractivity contribution is 7.87. The van der Waals surface area contributed by atoms with Crippen LogP contribution in [0.25, 0.3) is 0 Å². The van der Waals surface area contributed by atoms with Gasteiger partial charge in [0.25, 0.3) is 20.4 Å². The summed E-state index contributed by atoms with van der Waals surface area (Å²) in [4.78, 5) is 72.5. The summed E-state index contributed by atoms with van der Waals surface area (Å²) in [7, 11) is -9.38. The Hall–Kier alpha value is -7.85. The predicted molar refractivity (Wildman–Crippen MR) is 279 cm³/mol. The molecule has 424 valence electrons. The van der Waals surface area contributed by atoms with E-state index in [1.165, 1.54) is 97.1 Å². The van der Waals surface area contributed by atoms with Crippen LogP contribution in [0.15, 0.2) is 97.1 Å². The van der Waals surface area contributed by atoms with Crippen LogP contribution in [-0.4, -0.2) is 158 Å². The molecule has 0 spiro atoms. The number of esters is 2. The number of hydrogen-bond acceptors (Lipinski definition) is 17. The van der Waals surface area contributed by atoms with Crippen molar-refractivity contribution in [2.75, 3.05) is 63.4 Å². The number of carboxylic acid groups (broad SMARTS) is 4. The van der Waals surface area contributed by atoms with Crippen molar-refractivity contribution >= 4 is 91.9 Å². The normalized spacial score (nSPS) is 12.1. The lowest BCUT2D eigenvalue weighted by Crippen LogP contribution is -2.51. The number of hydrogen-bond donors (Lipinski definition) is 12. The van der Waals surface area contributed by atoms with Gasteiger partial charge in [-0.3, -0.25) is 30.0 Å². The molecular formula is C46H57ClN10O19S2. The molecule has 78 heavy (non-hydrogen) atoms. The van der Waals surface area contributed by atoms with Crippen molar-refractivity contribution in [1.29, 1.82) is 10.8 Å². The molecule has 4 rings (SSSR count). The summed E-state index contributed by atoms with van der Waals surface area (Å²) in [6.07, 6.45) is -2.19. The molecule has 0 amide bonds. The van der Waals surface area contributed by atoms with Crippen LogP contribution in [0.1, 0.15) is 44.7 Å². The van der Waals surface area contributed by atoms with Crippen molar-refractivity contribution in [3.05, 3.63) is 119 Å². The molecule has 0 aliphatic rings. The van der Waals surface area contributed by atoms with Crippen molar-refractivity contribution in [2.45, 2.75) is 38.0 Å². The predicted octanol–water partition coefficient (Wildman–Crippen LogP) is 1.04. The third kappa shape index (κ3) is 22.0. The second kappa shape index (κ2) is 31.4. The second-order valence-corrected chi connectivity index (χ2v) is 19.3. The molecule has 0 heterocycles. The van der Waals surface area contributed by atoms with E-state index in [-0.39, 0.29) is 86.5 Å². The van der Waals surface area contributed by atoms with E-state index in [1.807, 2.05) is 0 Å². The fourth-order valence-electron chi connectivity index (χ4n) is 6.58. The first-order valence-electron chi connectivity index (χ1n) is 22.6. The fourth-order valence-corrected chi connectivity index (χ4v) is 9.24. The molecule has 0 radical (unpaired) electrons. The number of anilines is 2. The van der Waals surface area contributed by atoms with Gasteiger partial charge in [0.2, 0.25) is 0 Å². The van der Waals surface area contributed by atoms with Crippen LogP contribution in [0, 0.1) is 10.8 Å². The molecule has 0 aromatic heterocycles. The molecule has 4 aromatic rings. The Kier molecular flexibility index (Phi) is 25.9. The number of nitrogens with two attached hydrogens (primary N) is 2. The standard InChI is InChI=1S/C46H56N10O19S2.ClH/c47-45(48)53-33-9-5-31(6-10-33)43(65)74-35-13-1-29(2-14-35)27-51-76(67,68)55(37(41(61)62)25-39(57)58)17-19-71-21-23-73-24-22-72-20-18-56(38(42(63)64)26-40(59)60)77(69,70)52-28-30-3-15-36(16-4-30)75-44(66)32-7-11-34(12-8-32)54-46(49)50;/h1-16,37-38,51-52H,17-28H2,(H,57,58)(H,59,60)(H,61,62)(H,63,64)(H4,47,48,53)(H4,49,50,54);1H/t37-,38-;/m0./s1. The van der Waals surface area contributed by atoms with Crippen LogP contribution in [0.5, 0.6) is 11.5 Å². The summed E-state index contributed by atoms with van der Waals surface area (Å²) >= 11 is 0. The van der Waals surface area contributed by atoms with Gasteiger partial charge in [0, 0.05) is 37.6 Å². The maximum atomic E-state index is 13.4. The number of guanidine groups is 2. The fraction of sp³-hybridized carbons (Fsp3) is 0.304. The SMILES string of the molecule is Cl.N=C(N)Nc1ccc(C(=O)Oc2ccc(CNS(=O)(=O)N(CCOCCOCCOCCN([C@@H](CC(=O)O)C(=O)O)S(=O)(=O)NCc3ccc(OC(=O)c4ccc(NC(=N)N)cc4)cc3)[C@@H](CC(=O)O)C(=O)O)cc2)cc1. The molecule has 0 aliphatic carbocycles. The van der Waals surface area contributed by atoms with E-state index < -0.39 is 107 Å². The molecule has 2 atom stereocenters. The van der Waals surface area contributed by atoms with Gasteiger partial charge in [0.15, 0.2) is 11.9 Å². The lowest BCUT2D eigenvalue weighted by Gasteiger charge is -2.27. The molecule has 0 fully saturated rings. The number of carbonyl (C=O) groups excluding carboxylic acids is 2. The Morgan fingerprint density at radius 1 is 0.500 bits per heavy atom. The van der Waals surface area contributed by atoms with Crippen molar-refractivity contribution in [3.8, 4) is 11.5 Å². The van der Waals surface area contributed by atoms with Crippen LogP contribution in [0.2, 0.25) is 0 Å². The number of ether oxygens (including phenoxy) is 5. The van der Waals surface area contributed by atoms with Gasteiger partial charge in [0.05, 0.1) is 63.6 Å². The van der Waals surface area contributed by atoms with Crippen LogP contribution in [-0.2, 0) is 66.9 Å². The van der Waals surface area contributed by atoms with E-state index in [1.54, 1.807) is 0 Å². The number of carbonyl (C=O) groups is 6. The van der Waals surface area contributed by atoms with Crippen molar-refractivity contribution in [1.82, 2.24) is 18.1 Å². The monoisotopic (exact) mass is 1150 g/mol. The maximum absolute atomic E-state index is 13.4. The number of aliphatic carboxylic acids is 4. The third-order valence-electron chi connectivity index (χ3n) is 10.3. The largest absolute Gasteiger partial charge is 0.481 e. The van der Waals surface area contributed by atoms with Gasteiger partial charge in [-0.25, -0.2) is 9.59 Å². The molecule has 4 aromatic carbocycles. The lowest BCUT2D eigenvalue weighted by molar-refractivity contribution is -0.148. The van der Waals surface area contributed by atoms with E-state index >= 15 is 0 Å². The lowest BCUT2D eigenvalue weighted by atomic mass is 10.2. The molecule has 32 heteroatoms. The van der Waals surface area contributed by atoms with Gasteiger partial charge in [-0.2, -0.15) is 34.9 Å². The highest BCUT2D eigenvalue weighted by Crippen LogP contribution is 2.20. The summed E-state index contributed by atoms with van der Waals surface area (Å²) in [5.74, 6) is -8.47. The number of nitrogens with zero attached hydrogens (tertiary/aromatic N) is 2. The molecule has 0 bridgehead atoms. The summed E-state index contributed by atoms with van der Waals surface area (Å²) in [5, 5.41) is 58.0. The number of nitrogens with one attached hydrogen (secondary N) is 6. The average molecular weight is 1150 g/mol. The Morgan fingerprint density at radius 3 is 1.09 bits per heavy atom. The van der Waals surface area contributed by atoms with Crippen molar-refractivity contribution in [3.63, 3.8) is 0 Å². The summed E-state index contributed by atoms with van der Waals surface area (Å²) in [5.41, 5.74) is 12.6. The summed E-state index contributed by atoms with van der Waals surface area (Å²) < 4.78 is 86.0. The maximum Gasteiger partial charge on any atom is 0.343 e. The van der Waals surface area contributed by atoms with Crippen LogP contribution < -0.4 is 41.0 Å². The summed E-state index contributed by atoms with van der Waals surface area (Å²) in [6, 6.07) is 19.0. The van der Waals surface area contributed by atoms with Crippen LogP contribution in [0.3, 0.4) is 0 Å². The Labute approximate surface area is 452 Å². The topological polar surface area (TPSA) is 452 Å². The molecule has 0 saturated heterocycles. The van der Waals surface area contributed by atoms with E-state index in [0.717, 1.165) is 0 Å². The molecule has 0 saturated carbocycles. The minimum atomic E-state index is -4.69. The number of halogens is 1. The zero-order chi connectivity index (χ0) is 56.7. The number of benzene rings is 4. The highest BCUT2D eigenvalue weighted by Gasteiger charge is 2.37. The van der Waals surface area contributed by atoms with Gasteiger partial charge in [-0.1, -0.05) is 24.3 Å². The number of carboxylic acids is 4. The molecule has 14 N–H and O–H groups in total. The van der Waals surface area contributed by atoms with E-state index in [2.05, 4.69) is 20.1 Å². The zero-order valence-electron chi connectivity index (χ0n) is 41.1. The Morgan fingerprint density at radius 2 is 0.808 bits per heavy atom. The molecule has 0 unspecified atom stereocenters. The van der Waals surface area contributed by atoms with E-state index in [0.29, 0.717) is 31.1 Å². The number of rotatable bonds is 34. The molecule has 29 nitrogen and oxygen atoms in total. The molecule has 0 aliphatic heterocycles. The van der Waals surface area contributed by atoms with Gasteiger partial charge in [0.1, 0.15) is 23.6 Å². The first-order chi connectivity index (χ1) is 36.4. The van der Waals surface area contributed by atoms with E-state index in [9.17, 15) is 66.0 Å². The molecular weight excluding hydrogens is 1100 g/mol. The van der Waals surface area contributed by atoms with Gasteiger partial charge < -0.3 is 66.2 Å². The van der Waals surface area contributed by atoms with E-state index in [4.69, 9.17) is 46.0 Å². The second-order valence-electron chi connectivity index (χ2n) is 15.9. The minimum Gasteiger partial charge on any atom is -0.481 e. The quantitative estimate of drug-likeness (QED) is 0.0102. The third-order valence-corrected chi connectivity index (χ3v) is 13.4. The smallest absolute Gasteiger partial charge is 0.343 e. The minimum absolute atomic E-state index is 0. The van der Waals surface area contributed by atoms with Gasteiger partial charge >= 0.3 is 35.8 Å². The highest BCUT2D eigenvalue weighted by atomic mass is 35.5. The summed E-state index contributed by atoms with van der Waals surface area (Å²) in [6.45, 7) is -3.41. The first kappa shape index (κ1) is 64.4. The van der Waals surface area contributed by atoms with Gasteiger partial charge in [-0.15, -0.1) is 12.4 Å². The zero-order valence-corrected chi connectivity index (χ0v) is 43.5. The average Bonchev–Trinajstić information content (AvgIpc) is 3.36. The van der Waals surface area contributed by atoms with Crippen LogP contribution in [0.4, 0.5) is 11.4 Å². The van der Waals surface area contributed by atoms with Crippen molar-refractivity contribution < 1.29 is 89.7 Å². The Bertz CT molecular complexity index is 2730. The van der Waals surface area contributed by atoms with Crippen LogP contribution >= 0.6 is 12.4 Å². The Balaban J connectivity index is 0.0000160. The first-order valence-corrected chi connectivity index (χ1v) is 25.5. The van der Waals surface area contributed by atoms with Gasteiger partial charge in [-0.05, 0) is 83.9 Å². The van der Waals surface area contributed by atoms with Crippen molar-refractivity contribution in [2.24, 2.45) is 11.5 Å².